The molecule has 1 atom stereocenters. The highest BCUT2D eigenvalue weighted by molar-refractivity contribution is 7.98. The number of carbonyl (C=O) groups excluding carboxylic acids is 2. The number of rotatable bonds is 7. The fraction of sp³-hybridized carbons (Fsp3) is 0.238. The normalized spacial score (nSPS) is 11.7. The van der Waals surface area contributed by atoms with Crippen LogP contribution in [0.1, 0.15) is 29.5 Å². The summed E-state index contributed by atoms with van der Waals surface area (Å²) in [4.78, 5) is 24.9. The molecule has 3 aromatic rings. The van der Waals surface area contributed by atoms with Gasteiger partial charge in [-0.2, -0.15) is 0 Å². The molecule has 0 aliphatic carbocycles. The van der Waals surface area contributed by atoms with Crippen LogP contribution in [0.3, 0.4) is 0 Å². The molecule has 3 rings (SSSR count). The predicted molar refractivity (Wildman–Crippen MR) is 112 cm³/mol. The fourth-order valence-electron chi connectivity index (χ4n) is 2.81. The van der Waals surface area contributed by atoms with E-state index in [-0.39, 0.29) is 12.1 Å². The highest BCUT2D eigenvalue weighted by Crippen LogP contribution is 2.21. The van der Waals surface area contributed by atoms with Gasteiger partial charge >= 0.3 is 5.97 Å². The van der Waals surface area contributed by atoms with Crippen molar-refractivity contribution in [1.82, 2.24) is 14.8 Å². The number of anilines is 1. The lowest BCUT2D eigenvalue weighted by atomic mass is 10.2. The van der Waals surface area contributed by atoms with E-state index >= 15 is 0 Å². The largest absolute Gasteiger partial charge is 0.449 e. The molecular weight excluding hydrogens is 407 g/mol. The van der Waals surface area contributed by atoms with Gasteiger partial charge < -0.3 is 10.1 Å². The van der Waals surface area contributed by atoms with Crippen molar-refractivity contribution in [3.63, 3.8) is 0 Å². The number of ether oxygens (including phenoxy) is 1. The third-order valence-corrected chi connectivity index (χ3v) is 5.01. The number of nitrogens with one attached hydrogen (secondary N) is 1. The second kappa shape index (κ2) is 9.53. The van der Waals surface area contributed by atoms with Gasteiger partial charge in [0.2, 0.25) is 0 Å². The van der Waals surface area contributed by atoms with Gasteiger partial charge in [-0.3, -0.25) is 9.36 Å². The summed E-state index contributed by atoms with van der Waals surface area (Å²) < 4.78 is 21.0. The third-order valence-electron chi connectivity index (χ3n) is 4.38. The number of hydrogen-bond donors (Lipinski definition) is 1. The SMILES string of the molecule is CCC(OC(=O)c1ccc(-n2c(C)nnc2SC)cc1)C(=O)Nc1ccccc1F. The Balaban J connectivity index is 1.70. The highest BCUT2D eigenvalue weighted by Gasteiger charge is 2.23. The van der Waals surface area contributed by atoms with Gasteiger partial charge in [-0.1, -0.05) is 30.8 Å². The molecule has 0 saturated carbocycles. The molecule has 0 aliphatic rings. The molecule has 1 aromatic heterocycles. The van der Waals surface area contributed by atoms with Crippen LogP contribution in [0, 0.1) is 12.7 Å². The average molecular weight is 428 g/mol. The van der Waals surface area contributed by atoms with E-state index in [1.807, 2.05) is 17.7 Å². The maximum Gasteiger partial charge on any atom is 0.338 e. The lowest BCUT2D eigenvalue weighted by Crippen LogP contribution is -2.32. The second-order valence-electron chi connectivity index (χ2n) is 6.39. The Morgan fingerprint density at radius 3 is 2.50 bits per heavy atom. The molecule has 0 saturated heterocycles. The van der Waals surface area contributed by atoms with E-state index in [0.717, 1.165) is 16.7 Å². The number of carbonyl (C=O) groups is 2. The molecule has 9 heteroatoms. The summed E-state index contributed by atoms with van der Waals surface area (Å²) in [5.41, 5.74) is 1.14. The van der Waals surface area contributed by atoms with E-state index in [9.17, 15) is 14.0 Å². The van der Waals surface area contributed by atoms with Gasteiger partial charge in [0.25, 0.3) is 5.91 Å². The van der Waals surface area contributed by atoms with Gasteiger partial charge in [0.1, 0.15) is 11.6 Å². The van der Waals surface area contributed by atoms with Crippen LogP contribution in [0.2, 0.25) is 0 Å². The average Bonchev–Trinajstić information content (AvgIpc) is 3.14. The number of amides is 1. The van der Waals surface area contributed by atoms with Gasteiger partial charge in [0, 0.05) is 5.69 Å². The summed E-state index contributed by atoms with van der Waals surface area (Å²) in [6, 6.07) is 12.6. The lowest BCUT2D eigenvalue weighted by Gasteiger charge is -2.16. The molecule has 1 heterocycles. The number of halogens is 1. The van der Waals surface area contributed by atoms with E-state index in [1.165, 1.54) is 30.0 Å². The van der Waals surface area contributed by atoms with Crippen molar-refractivity contribution in [2.45, 2.75) is 31.5 Å². The molecule has 156 valence electrons. The van der Waals surface area contributed by atoms with E-state index in [4.69, 9.17) is 4.74 Å². The summed E-state index contributed by atoms with van der Waals surface area (Å²) in [5.74, 6) is -1.05. The molecule has 30 heavy (non-hydrogen) atoms. The van der Waals surface area contributed by atoms with Crippen LogP contribution in [-0.2, 0) is 9.53 Å². The van der Waals surface area contributed by atoms with Crippen LogP contribution in [-0.4, -0.2) is 39.0 Å². The Labute approximate surface area is 177 Å². The Kier molecular flexibility index (Phi) is 6.83. The highest BCUT2D eigenvalue weighted by atomic mass is 32.2. The maximum absolute atomic E-state index is 13.7. The van der Waals surface area contributed by atoms with Crippen molar-refractivity contribution >= 4 is 29.3 Å². The number of hydrogen-bond acceptors (Lipinski definition) is 6. The Bertz CT molecular complexity index is 1050. The minimum Gasteiger partial charge on any atom is -0.449 e. The van der Waals surface area contributed by atoms with Crippen LogP contribution < -0.4 is 5.32 Å². The Morgan fingerprint density at radius 2 is 1.87 bits per heavy atom. The monoisotopic (exact) mass is 428 g/mol. The van der Waals surface area contributed by atoms with Crippen molar-refractivity contribution in [3.05, 3.63) is 65.7 Å². The summed E-state index contributed by atoms with van der Waals surface area (Å²) in [6.07, 6.45) is 1.12. The number of benzene rings is 2. The van der Waals surface area contributed by atoms with Crippen LogP contribution in [0.5, 0.6) is 0 Å². The van der Waals surface area contributed by atoms with Crippen molar-refractivity contribution in [1.29, 1.82) is 0 Å². The standard InChI is InChI=1S/C21H21FN4O3S/c1-4-18(19(27)23-17-8-6-5-7-16(17)22)29-20(28)14-9-11-15(12-10-14)26-13(2)24-25-21(26)30-3/h5-12,18H,4H2,1-3H3,(H,23,27). The number of aryl methyl sites for hydroxylation is 1. The number of aromatic nitrogens is 3. The molecule has 1 N–H and O–H groups in total. The van der Waals surface area contributed by atoms with Crippen molar-refractivity contribution in [2.75, 3.05) is 11.6 Å². The lowest BCUT2D eigenvalue weighted by molar-refractivity contribution is -0.124. The quantitative estimate of drug-likeness (QED) is 0.452. The van der Waals surface area contributed by atoms with Gasteiger partial charge in [-0.25, -0.2) is 9.18 Å². The number of thioether (sulfide) groups is 1. The van der Waals surface area contributed by atoms with Gasteiger partial charge in [0.15, 0.2) is 11.3 Å². The molecule has 0 aliphatic heterocycles. The van der Waals surface area contributed by atoms with Crippen LogP contribution >= 0.6 is 11.8 Å². The first kappa shape index (κ1) is 21.5. The molecule has 0 radical (unpaired) electrons. The van der Waals surface area contributed by atoms with E-state index in [1.54, 1.807) is 37.3 Å². The molecule has 1 amide bonds. The molecule has 0 bridgehead atoms. The van der Waals surface area contributed by atoms with Crippen molar-refractivity contribution < 1.29 is 18.7 Å². The second-order valence-corrected chi connectivity index (χ2v) is 7.16. The molecule has 0 spiro atoms. The smallest absolute Gasteiger partial charge is 0.338 e. The Hall–Kier alpha value is -3.20. The van der Waals surface area contributed by atoms with Crippen molar-refractivity contribution in [2.24, 2.45) is 0 Å². The zero-order valence-corrected chi connectivity index (χ0v) is 17.6. The van der Waals surface area contributed by atoms with E-state index < -0.39 is 23.8 Å². The molecule has 7 nitrogen and oxygen atoms in total. The summed E-state index contributed by atoms with van der Waals surface area (Å²) in [6.45, 7) is 3.55. The van der Waals surface area contributed by atoms with E-state index in [0.29, 0.717) is 5.56 Å². The number of para-hydroxylation sites is 1. The molecule has 2 aromatic carbocycles. The van der Waals surface area contributed by atoms with Gasteiger partial charge in [-0.15, -0.1) is 10.2 Å². The number of nitrogens with zero attached hydrogens (tertiary/aromatic N) is 3. The summed E-state index contributed by atoms with van der Waals surface area (Å²) in [7, 11) is 0. The summed E-state index contributed by atoms with van der Waals surface area (Å²) >= 11 is 1.46. The van der Waals surface area contributed by atoms with Crippen LogP contribution in [0.15, 0.2) is 53.7 Å². The molecular formula is C21H21FN4O3S. The topological polar surface area (TPSA) is 86.1 Å². The summed E-state index contributed by atoms with van der Waals surface area (Å²) in [5, 5.41) is 11.3. The maximum atomic E-state index is 13.7. The predicted octanol–water partition coefficient (Wildman–Crippen LogP) is 4.01. The minimum atomic E-state index is -1.04. The first-order valence-corrected chi connectivity index (χ1v) is 10.5. The van der Waals surface area contributed by atoms with E-state index in [2.05, 4.69) is 15.5 Å². The van der Waals surface area contributed by atoms with Crippen LogP contribution in [0.25, 0.3) is 5.69 Å². The minimum absolute atomic E-state index is 0.0373. The molecule has 1 unspecified atom stereocenters. The van der Waals surface area contributed by atoms with Crippen LogP contribution in [0.4, 0.5) is 10.1 Å². The first-order chi connectivity index (χ1) is 14.4. The third kappa shape index (κ3) is 4.68. The first-order valence-electron chi connectivity index (χ1n) is 9.27. The zero-order valence-electron chi connectivity index (χ0n) is 16.8. The Morgan fingerprint density at radius 1 is 1.17 bits per heavy atom. The van der Waals surface area contributed by atoms with Crippen molar-refractivity contribution in [3.8, 4) is 5.69 Å². The fourth-order valence-corrected chi connectivity index (χ4v) is 3.36. The van der Waals surface area contributed by atoms with Gasteiger partial charge in [0.05, 0.1) is 11.3 Å². The van der Waals surface area contributed by atoms with Gasteiger partial charge in [-0.05, 0) is 56.0 Å². The number of esters is 1. The zero-order chi connectivity index (χ0) is 21.7. The molecule has 0 fully saturated rings.